The monoisotopic (exact) mass is 236 g/mol. The summed E-state index contributed by atoms with van der Waals surface area (Å²) in [5, 5.41) is 4.56. The van der Waals surface area contributed by atoms with E-state index in [-0.39, 0.29) is 0 Å². The van der Waals surface area contributed by atoms with E-state index in [9.17, 15) is 0 Å². The molecule has 3 heteroatoms. The lowest BCUT2D eigenvalue weighted by molar-refractivity contribution is 0.366. The SMILES string of the molecule is NCC1C2CCC(N2)C1c1ccccc1Cl. The first kappa shape index (κ1) is 10.6. The lowest BCUT2D eigenvalue weighted by atomic mass is 9.75. The Balaban J connectivity index is 1.97. The highest BCUT2D eigenvalue weighted by molar-refractivity contribution is 6.31. The minimum Gasteiger partial charge on any atom is -0.330 e. The van der Waals surface area contributed by atoms with Gasteiger partial charge < -0.3 is 11.1 Å². The van der Waals surface area contributed by atoms with Crippen LogP contribution in [0.5, 0.6) is 0 Å². The van der Waals surface area contributed by atoms with E-state index in [0.717, 1.165) is 11.6 Å². The highest BCUT2D eigenvalue weighted by atomic mass is 35.5. The van der Waals surface area contributed by atoms with Crippen LogP contribution in [-0.4, -0.2) is 18.6 Å². The molecule has 1 aromatic carbocycles. The molecule has 0 aromatic heterocycles. The number of hydrogen-bond donors (Lipinski definition) is 2. The van der Waals surface area contributed by atoms with Crippen LogP contribution in [-0.2, 0) is 0 Å². The van der Waals surface area contributed by atoms with E-state index in [0.29, 0.717) is 23.9 Å². The Morgan fingerprint density at radius 1 is 1.25 bits per heavy atom. The fourth-order valence-corrected chi connectivity index (χ4v) is 3.74. The van der Waals surface area contributed by atoms with Gasteiger partial charge in [-0.3, -0.25) is 0 Å². The minimum atomic E-state index is 0.512. The van der Waals surface area contributed by atoms with Gasteiger partial charge in [-0.1, -0.05) is 29.8 Å². The van der Waals surface area contributed by atoms with Crippen LogP contribution in [0.3, 0.4) is 0 Å². The molecular formula is C13H17ClN2. The molecule has 0 amide bonds. The second-order valence-electron chi connectivity index (χ2n) is 4.90. The van der Waals surface area contributed by atoms with Crippen LogP contribution in [0.15, 0.2) is 24.3 Å². The predicted molar refractivity (Wildman–Crippen MR) is 66.7 cm³/mol. The molecule has 4 unspecified atom stereocenters. The summed E-state index contributed by atoms with van der Waals surface area (Å²) in [5.41, 5.74) is 7.19. The number of nitrogens with two attached hydrogens (primary N) is 1. The fraction of sp³-hybridized carbons (Fsp3) is 0.538. The molecule has 2 saturated heterocycles. The number of nitrogens with one attached hydrogen (secondary N) is 1. The maximum Gasteiger partial charge on any atom is 0.0441 e. The van der Waals surface area contributed by atoms with Crippen molar-refractivity contribution in [2.75, 3.05) is 6.54 Å². The molecule has 2 heterocycles. The van der Waals surface area contributed by atoms with Crippen LogP contribution >= 0.6 is 11.6 Å². The molecule has 0 spiro atoms. The molecule has 2 fully saturated rings. The van der Waals surface area contributed by atoms with Crippen LogP contribution in [0, 0.1) is 5.92 Å². The lowest BCUT2D eigenvalue weighted by Gasteiger charge is -2.29. The van der Waals surface area contributed by atoms with Gasteiger partial charge in [0.25, 0.3) is 0 Å². The van der Waals surface area contributed by atoms with Gasteiger partial charge in [0, 0.05) is 23.0 Å². The molecule has 16 heavy (non-hydrogen) atoms. The minimum absolute atomic E-state index is 0.512. The summed E-state index contributed by atoms with van der Waals surface area (Å²) in [6.45, 7) is 0.754. The molecule has 0 radical (unpaired) electrons. The van der Waals surface area contributed by atoms with Gasteiger partial charge in [-0.25, -0.2) is 0 Å². The summed E-state index contributed by atoms with van der Waals surface area (Å²) >= 11 is 6.30. The number of rotatable bonds is 2. The average molecular weight is 237 g/mol. The lowest BCUT2D eigenvalue weighted by Crippen LogP contribution is -2.32. The molecule has 1 aromatic rings. The topological polar surface area (TPSA) is 38.0 Å². The molecule has 0 aliphatic carbocycles. The summed E-state index contributed by atoms with van der Waals surface area (Å²) in [7, 11) is 0. The Labute approximate surface area is 101 Å². The van der Waals surface area contributed by atoms with Gasteiger partial charge in [0.05, 0.1) is 0 Å². The Hall–Kier alpha value is -0.570. The molecule has 3 N–H and O–H groups in total. The van der Waals surface area contributed by atoms with Crippen LogP contribution in [0.1, 0.15) is 24.3 Å². The van der Waals surface area contributed by atoms with E-state index >= 15 is 0 Å². The van der Waals surface area contributed by atoms with Crippen LogP contribution in [0.4, 0.5) is 0 Å². The second kappa shape index (κ2) is 4.02. The van der Waals surface area contributed by atoms with Crippen LogP contribution < -0.4 is 11.1 Å². The van der Waals surface area contributed by atoms with E-state index in [2.05, 4.69) is 17.4 Å². The van der Waals surface area contributed by atoms with E-state index in [4.69, 9.17) is 17.3 Å². The van der Waals surface area contributed by atoms with Gasteiger partial charge in [0.1, 0.15) is 0 Å². The molecule has 2 aliphatic rings. The first-order chi connectivity index (χ1) is 7.81. The van der Waals surface area contributed by atoms with Crippen molar-refractivity contribution in [2.24, 2.45) is 11.7 Å². The van der Waals surface area contributed by atoms with Crippen molar-refractivity contribution in [1.29, 1.82) is 0 Å². The Morgan fingerprint density at radius 3 is 2.75 bits per heavy atom. The Bertz CT molecular complexity index is 393. The fourth-order valence-electron chi connectivity index (χ4n) is 3.47. The first-order valence-electron chi connectivity index (χ1n) is 6.02. The largest absolute Gasteiger partial charge is 0.330 e. The maximum atomic E-state index is 6.30. The molecule has 2 nitrogen and oxygen atoms in total. The zero-order chi connectivity index (χ0) is 11.1. The van der Waals surface area contributed by atoms with Gasteiger partial charge >= 0.3 is 0 Å². The first-order valence-corrected chi connectivity index (χ1v) is 6.39. The van der Waals surface area contributed by atoms with Crippen molar-refractivity contribution in [3.63, 3.8) is 0 Å². The van der Waals surface area contributed by atoms with Crippen molar-refractivity contribution in [3.05, 3.63) is 34.9 Å². The van der Waals surface area contributed by atoms with Crippen molar-refractivity contribution in [2.45, 2.75) is 30.8 Å². The molecule has 2 bridgehead atoms. The summed E-state index contributed by atoms with van der Waals surface area (Å²) in [4.78, 5) is 0. The molecule has 2 aliphatic heterocycles. The van der Waals surface area contributed by atoms with Crippen molar-refractivity contribution >= 4 is 11.6 Å². The molecule has 3 rings (SSSR count). The molecular weight excluding hydrogens is 220 g/mol. The normalized spacial score (nSPS) is 36.9. The molecule has 0 saturated carbocycles. The maximum absolute atomic E-state index is 6.30. The number of benzene rings is 1. The van der Waals surface area contributed by atoms with E-state index in [1.807, 2.05) is 12.1 Å². The summed E-state index contributed by atoms with van der Waals surface area (Å²) in [6, 6.07) is 9.38. The standard InChI is InChI=1S/C13H17ClN2/c14-10-4-2-1-3-8(10)13-9(7-15)11-5-6-12(13)16-11/h1-4,9,11-13,16H,5-7,15H2. The summed E-state index contributed by atoms with van der Waals surface area (Å²) in [6.07, 6.45) is 2.53. The zero-order valence-electron chi connectivity index (χ0n) is 9.20. The van der Waals surface area contributed by atoms with Gasteiger partial charge in [-0.15, -0.1) is 0 Å². The average Bonchev–Trinajstić information content (AvgIpc) is 2.89. The Morgan fingerprint density at radius 2 is 2.00 bits per heavy atom. The quantitative estimate of drug-likeness (QED) is 0.826. The van der Waals surface area contributed by atoms with E-state index in [1.54, 1.807) is 0 Å². The van der Waals surface area contributed by atoms with Gasteiger partial charge in [0.2, 0.25) is 0 Å². The number of hydrogen-bond acceptors (Lipinski definition) is 2. The third-order valence-electron chi connectivity index (χ3n) is 4.16. The van der Waals surface area contributed by atoms with Crippen molar-refractivity contribution in [1.82, 2.24) is 5.32 Å². The smallest absolute Gasteiger partial charge is 0.0441 e. The highest BCUT2D eigenvalue weighted by Crippen LogP contribution is 2.45. The van der Waals surface area contributed by atoms with E-state index in [1.165, 1.54) is 18.4 Å². The number of halogens is 1. The molecule has 4 atom stereocenters. The Kier molecular flexibility index (Phi) is 2.66. The van der Waals surface area contributed by atoms with Crippen molar-refractivity contribution < 1.29 is 0 Å². The van der Waals surface area contributed by atoms with Gasteiger partial charge in [0.15, 0.2) is 0 Å². The predicted octanol–water partition coefficient (Wildman–Crippen LogP) is 2.13. The summed E-state index contributed by atoms with van der Waals surface area (Å²) in [5.74, 6) is 1.07. The van der Waals surface area contributed by atoms with Crippen LogP contribution in [0.2, 0.25) is 5.02 Å². The van der Waals surface area contributed by atoms with Crippen LogP contribution in [0.25, 0.3) is 0 Å². The molecule has 86 valence electrons. The van der Waals surface area contributed by atoms with E-state index < -0.39 is 0 Å². The third-order valence-corrected chi connectivity index (χ3v) is 4.51. The summed E-state index contributed by atoms with van der Waals surface area (Å²) < 4.78 is 0. The van der Waals surface area contributed by atoms with Crippen molar-refractivity contribution in [3.8, 4) is 0 Å². The van der Waals surface area contributed by atoms with Gasteiger partial charge in [-0.05, 0) is 36.9 Å². The third kappa shape index (κ3) is 1.48. The second-order valence-corrected chi connectivity index (χ2v) is 5.31. The van der Waals surface area contributed by atoms with Gasteiger partial charge in [-0.2, -0.15) is 0 Å². The highest BCUT2D eigenvalue weighted by Gasteiger charge is 2.47. The number of fused-ring (bicyclic) bond motifs is 2. The zero-order valence-corrected chi connectivity index (χ0v) is 9.95.